The van der Waals surface area contributed by atoms with Crippen molar-refractivity contribution in [3.8, 4) is 0 Å². The lowest BCUT2D eigenvalue weighted by Crippen LogP contribution is -2.56. The Morgan fingerprint density at radius 3 is 2.95 bits per heavy atom. The van der Waals surface area contributed by atoms with Crippen LogP contribution in [0.4, 0.5) is 5.69 Å². The number of rotatable bonds is 1. The molecule has 1 atom stereocenters. The van der Waals surface area contributed by atoms with Crippen molar-refractivity contribution in [3.63, 3.8) is 0 Å². The fourth-order valence-electron chi connectivity index (χ4n) is 3.22. The van der Waals surface area contributed by atoms with Gasteiger partial charge in [0.2, 0.25) is 0 Å². The van der Waals surface area contributed by atoms with Crippen molar-refractivity contribution < 1.29 is 4.79 Å². The normalized spacial score (nSPS) is 23.4. The van der Waals surface area contributed by atoms with Gasteiger partial charge in [0.25, 0.3) is 5.91 Å². The third-order valence-electron chi connectivity index (χ3n) is 4.35. The predicted molar refractivity (Wildman–Crippen MR) is 83.7 cm³/mol. The number of carbonyl (C=O) groups is 1. The smallest absolute Gasteiger partial charge is 0.255 e. The van der Waals surface area contributed by atoms with E-state index in [9.17, 15) is 4.79 Å². The molecule has 4 nitrogen and oxygen atoms in total. The van der Waals surface area contributed by atoms with Gasteiger partial charge in [-0.3, -0.25) is 9.69 Å². The van der Waals surface area contributed by atoms with E-state index >= 15 is 0 Å². The summed E-state index contributed by atoms with van der Waals surface area (Å²) in [5.74, 6) is 0.0920. The third-order valence-corrected chi connectivity index (χ3v) is 5.04. The van der Waals surface area contributed by atoms with Gasteiger partial charge in [-0.05, 0) is 53.5 Å². The number of nitrogens with two attached hydrogens (primary N) is 1. The number of hydrogen-bond donors (Lipinski definition) is 1. The molecule has 3 rings (SSSR count). The second kappa shape index (κ2) is 5.74. The minimum atomic E-state index is 0.0920. The summed E-state index contributed by atoms with van der Waals surface area (Å²) < 4.78 is 0.822. The fraction of sp³-hybridized carbons (Fsp3) is 0.533. The summed E-state index contributed by atoms with van der Waals surface area (Å²) in [6.07, 6.45) is 3.79. The Hall–Kier alpha value is -1.07. The number of fused-ring (bicyclic) bond motifs is 1. The molecule has 0 saturated carbocycles. The molecule has 2 saturated heterocycles. The number of amides is 1. The van der Waals surface area contributed by atoms with Crippen molar-refractivity contribution >= 4 is 27.5 Å². The highest BCUT2D eigenvalue weighted by Gasteiger charge is 2.31. The highest BCUT2D eigenvalue weighted by atomic mass is 79.9. The number of carbonyl (C=O) groups excluding carboxylic acids is 1. The van der Waals surface area contributed by atoms with Gasteiger partial charge in [-0.15, -0.1) is 0 Å². The lowest BCUT2D eigenvalue weighted by Gasteiger charge is -2.44. The summed E-state index contributed by atoms with van der Waals surface area (Å²) in [7, 11) is 0. The Balaban J connectivity index is 1.76. The Morgan fingerprint density at radius 2 is 2.10 bits per heavy atom. The van der Waals surface area contributed by atoms with Crippen molar-refractivity contribution in [2.45, 2.75) is 25.3 Å². The van der Waals surface area contributed by atoms with E-state index in [0.717, 1.165) is 24.1 Å². The number of anilines is 1. The summed E-state index contributed by atoms with van der Waals surface area (Å²) in [6.45, 7) is 3.85. The molecule has 0 radical (unpaired) electrons. The summed E-state index contributed by atoms with van der Waals surface area (Å²) >= 11 is 3.45. The average molecular weight is 338 g/mol. The Kier molecular flexibility index (Phi) is 3.98. The molecule has 108 valence electrons. The number of nitrogens with zero attached hydrogens (tertiary/aromatic N) is 2. The van der Waals surface area contributed by atoms with Gasteiger partial charge in [-0.1, -0.05) is 6.42 Å². The summed E-state index contributed by atoms with van der Waals surface area (Å²) in [4.78, 5) is 17.2. The van der Waals surface area contributed by atoms with Crippen LogP contribution in [-0.4, -0.2) is 47.9 Å². The van der Waals surface area contributed by atoms with E-state index in [0.29, 0.717) is 17.3 Å². The lowest BCUT2D eigenvalue weighted by atomic mass is 9.99. The molecule has 5 heteroatoms. The minimum Gasteiger partial charge on any atom is -0.399 e. The van der Waals surface area contributed by atoms with E-state index in [2.05, 4.69) is 20.8 Å². The molecule has 1 amide bonds. The van der Waals surface area contributed by atoms with Gasteiger partial charge < -0.3 is 10.6 Å². The molecule has 0 spiro atoms. The van der Waals surface area contributed by atoms with E-state index in [1.165, 1.54) is 25.8 Å². The highest BCUT2D eigenvalue weighted by molar-refractivity contribution is 9.10. The topological polar surface area (TPSA) is 49.6 Å². The van der Waals surface area contributed by atoms with Gasteiger partial charge in [0.15, 0.2) is 0 Å². The first-order valence-electron chi connectivity index (χ1n) is 7.23. The van der Waals surface area contributed by atoms with Crippen LogP contribution < -0.4 is 5.73 Å². The molecule has 2 aliphatic rings. The van der Waals surface area contributed by atoms with E-state index in [1.807, 2.05) is 11.0 Å². The Labute approximate surface area is 128 Å². The number of benzene rings is 1. The standard InChI is InChI=1S/C15H20BrN3O/c16-14-5-4-11(17)9-13(14)15(20)19-8-7-18-6-2-1-3-12(18)10-19/h4-5,9,12H,1-3,6-8,10,17H2. The molecule has 2 aliphatic heterocycles. The van der Waals surface area contributed by atoms with Crippen LogP contribution in [-0.2, 0) is 0 Å². The lowest BCUT2D eigenvalue weighted by molar-refractivity contribution is 0.0372. The van der Waals surface area contributed by atoms with Crippen molar-refractivity contribution in [2.24, 2.45) is 0 Å². The molecular weight excluding hydrogens is 318 g/mol. The zero-order chi connectivity index (χ0) is 14.1. The van der Waals surface area contributed by atoms with Crippen molar-refractivity contribution in [2.75, 3.05) is 31.9 Å². The zero-order valence-corrected chi connectivity index (χ0v) is 13.1. The van der Waals surface area contributed by atoms with Gasteiger partial charge in [-0.2, -0.15) is 0 Å². The molecule has 0 aromatic heterocycles. The van der Waals surface area contributed by atoms with Crippen LogP contribution in [0, 0.1) is 0 Å². The van der Waals surface area contributed by atoms with E-state index < -0.39 is 0 Å². The van der Waals surface area contributed by atoms with Crippen molar-refractivity contribution in [1.29, 1.82) is 0 Å². The first-order valence-corrected chi connectivity index (χ1v) is 8.03. The molecule has 0 bridgehead atoms. The van der Waals surface area contributed by atoms with Crippen molar-refractivity contribution in [1.82, 2.24) is 9.80 Å². The number of halogens is 1. The molecular formula is C15H20BrN3O. The van der Waals surface area contributed by atoms with Crippen molar-refractivity contribution in [3.05, 3.63) is 28.2 Å². The zero-order valence-electron chi connectivity index (χ0n) is 11.5. The Bertz CT molecular complexity index is 520. The number of piperidine rings is 1. The molecule has 1 unspecified atom stereocenters. The first-order chi connectivity index (χ1) is 9.65. The van der Waals surface area contributed by atoms with Gasteiger partial charge in [-0.25, -0.2) is 0 Å². The molecule has 2 fully saturated rings. The maximum atomic E-state index is 12.7. The summed E-state index contributed by atoms with van der Waals surface area (Å²) in [6, 6.07) is 5.96. The average Bonchev–Trinajstić information content (AvgIpc) is 2.48. The third kappa shape index (κ3) is 2.69. The second-order valence-corrected chi connectivity index (χ2v) is 6.53. The summed E-state index contributed by atoms with van der Waals surface area (Å²) in [5.41, 5.74) is 7.11. The molecule has 0 aliphatic carbocycles. The monoisotopic (exact) mass is 337 g/mol. The van der Waals surface area contributed by atoms with Crippen LogP contribution >= 0.6 is 15.9 Å². The maximum Gasteiger partial charge on any atom is 0.255 e. The van der Waals surface area contributed by atoms with Crippen LogP contribution in [0.2, 0.25) is 0 Å². The van der Waals surface area contributed by atoms with Crippen LogP contribution in [0.3, 0.4) is 0 Å². The van der Waals surface area contributed by atoms with E-state index in [4.69, 9.17) is 5.73 Å². The molecule has 1 aromatic rings. The van der Waals surface area contributed by atoms with E-state index in [1.54, 1.807) is 12.1 Å². The predicted octanol–water partition coefficient (Wildman–Crippen LogP) is 2.34. The molecule has 20 heavy (non-hydrogen) atoms. The number of hydrogen-bond acceptors (Lipinski definition) is 3. The van der Waals surface area contributed by atoms with Gasteiger partial charge in [0.1, 0.15) is 0 Å². The van der Waals surface area contributed by atoms with Crippen LogP contribution in [0.15, 0.2) is 22.7 Å². The van der Waals surface area contributed by atoms with E-state index in [-0.39, 0.29) is 5.91 Å². The summed E-state index contributed by atoms with van der Waals surface area (Å²) in [5, 5.41) is 0. The second-order valence-electron chi connectivity index (χ2n) is 5.68. The van der Waals surface area contributed by atoms with Crippen LogP contribution in [0.1, 0.15) is 29.6 Å². The van der Waals surface area contributed by atoms with Gasteiger partial charge in [0.05, 0.1) is 5.56 Å². The number of nitrogen functional groups attached to an aromatic ring is 1. The fourth-order valence-corrected chi connectivity index (χ4v) is 3.63. The van der Waals surface area contributed by atoms with Crippen LogP contribution in [0.25, 0.3) is 0 Å². The first kappa shape index (κ1) is 13.9. The van der Waals surface area contributed by atoms with Gasteiger partial charge >= 0.3 is 0 Å². The minimum absolute atomic E-state index is 0.0920. The largest absolute Gasteiger partial charge is 0.399 e. The highest BCUT2D eigenvalue weighted by Crippen LogP contribution is 2.25. The molecule has 2 N–H and O–H groups in total. The SMILES string of the molecule is Nc1ccc(Br)c(C(=O)N2CCN3CCCCC3C2)c1. The molecule has 2 heterocycles. The maximum absolute atomic E-state index is 12.7. The molecule has 1 aromatic carbocycles. The van der Waals surface area contributed by atoms with Crippen LogP contribution in [0.5, 0.6) is 0 Å². The number of piperazine rings is 1. The Morgan fingerprint density at radius 1 is 1.25 bits per heavy atom. The quantitative estimate of drug-likeness (QED) is 0.800. The van der Waals surface area contributed by atoms with Gasteiger partial charge in [0, 0.05) is 35.8 Å².